The van der Waals surface area contributed by atoms with Crippen molar-refractivity contribution in [3.8, 4) is 0 Å². The van der Waals surface area contributed by atoms with E-state index in [-0.39, 0.29) is 5.13 Å². The molecule has 0 unspecified atom stereocenters. The number of alkyl halides is 3. The van der Waals surface area contributed by atoms with E-state index in [0.29, 0.717) is 11.3 Å². The Labute approximate surface area is 99.6 Å². The molecule has 0 spiro atoms. The summed E-state index contributed by atoms with van der Waals surface area (Å²) in [6, 6.07) is 0. The molecular weight excluding hydrogens is 257 g/mol. The molecule has 17 heavy (non-hydrogen) atoms. The summed E-state index contributed by atoms with van der Waals surface area (Å²) in [6.45, 7) is 4.67. The first-order chi connectivity index (χ1) is 7.50. The van der Waals surface area contributed by atoms with Gasteiger partial charge in [-0.05, 0) is 20.8 Å². The molecule has 96 valence electrons. The number of anilines is 1. The molecule has 1 aromatic rings. The van der Waals surface area contributed by atoms with Gasteiger partial charge >= 0.3 is 12.1 Å². The Balaban J connectivity index is 3.10. The van der Waals surface area contributed by atoms with Crippen LogP contribution in [0, 0.1) is 0 Å². The van der Waals surface area contributed by atoms with Crippen molar-refractivity contribution < 1.29 is 22.7 Å². The minimum atomic E-state index is -4.72. The molecule has 4 nitrogen and oxygen atoms in total. The normalized spacial score (nSPS) is 12.6. The van der Waals surface area contributed by atoms with Crippen molar-refractivity contribution in [2.45, 2.75) is 32.5 Å². The van der Waals surface area contributed by atoms with Gasteiger partial charge < -0.3 is 10.5 Å². The number of nitrogen functional groups attached to an aromatic ring is 1. The van der Waals surface area contributed by atoms with E-state index in [1.54, 1.807) is 20.8 Å². The number of carbonyl (C=O) groups excluding carboxylic acids is 1. The first-order valence-corrected chi connectivity index (χ1v) is 5.39. The van der Waals surface area contributed by atoms with Crippen molar-refractivity contribution in [2.75, 3.05) is 5.73 Å². The molecule has 0 saturated heterocycles. The van der Waals surface area contributed by atoms with Gasteiger partial charge in [0.15, 0.2) is 10.8 Å². The number of aromatic nitrogens is 1. The SMILES string of the molecule is CC(C)(C)OC(=O)c1sc(N)nc1C(F)(F)F. The van der Waals surface area contributed by atoms with Crippen molar-refractivity contribution >= 4 is 22.4 Å². The van der Waals surface area contributed by atoms with Crippen LogP contribution in [0.1, 0.15) is 36.1 Å². The molecule has 1 rings (SSSR count). The number of nitrogens with two attached hydrogens (primary N) is 1. The molecule has 1 heterocycles. The number of hydrogen-bond donors (Lipinski definition) is 1. The van der Waals surface area contributed by atoms with E-state index < -0.39 is 28.3 Å². The highest BCUT2D eigenvalue weighted by molar-refractivity contribution is 7.17. The first-order valence-electron chi connectivity index (χ1n) is 4.57. The van der Waals surface area contributed by atoms with Crippen LogP contribution in [0.4, 0.5) is 18.3 Å². The van der Waals surface area contributed by atoms with E-state index in [0.717, 1.165) is 0 Å². The van der Waals surface area contributed by atoms with Crippen LogP contribution >= 0.6 is 11.3 Å². The number of rotatable bonds is 1. The second-order valence-corrected chi connectivity index (χ2v) is 5.26. The summed E-state index contributed by atoms with van der Waals surface area (Å²) in [5, 5.41) is -0.321. The van der Waals surface area contributed by atoms with E-state index in [1.807, 2.05) is 0 Å². The molecule has 0 fully saturated rings. The van der Waals surface area contributed by atoms with Crippen molar-refractivity contribution in [1.82, 2.24) is 4.98 Å². The minimum Gasteiger partial charge on any atom is -0.456 e. The van der Waals surface area contributed by atoms with Crippen LogP contribution in [0.2, 0.25) is 0 Å². The van der Waals surface area contributed by atoms with E-state index in [2.05, 4.69) is 4.98 Å². The Morgan fingerprint density at radius 1 is 1.35 bits per heavy atom. The maximum atomic E-state index is 12.5. The molecule has 0 aliphatic rings. The van der Waals surface area contributed by atoms with E-state index in [1.165, 1.54) is 0 Å². The van der Waals surface area contributed by atoms with Gasteiger partial charge in [-0.25, -0.2) is 9.78 Å². The predicted molar refractivity (Wildman–Crippen MR) is 56.7 cm³/mol. The zero-order chi connectivity index (χ0) is 13.4. The second-order valence-electron chi connectivity index (χ2n) is 4.23. The molecule has 1 aromatic heterocycles. The topological polar surface area (TPSA) is 65.2 Å². The molecule has 0 bridgehead atoms. The summed E-state index contributed by atoms with van der Waals surface area (Å²) < 4.78 is 42.5. The lowest BCUT2D eigenvalue weighted by atomic mass is 10.2. The minimum absolute atomic E-state index is 0.321. The summed E-state index contributed by atoms with van der Waals surface area (Å²) >= 11 is 0.462. The number of hydrogen-bond acceptors (Lipinski definition) is 5. The maximum absolute atomic E-state index is 12.5. The monoisotopic (exact) mass is 268 g/mol. The van der Waals surface area contributed by atoms with Gasteiger partial charge in [-0.15, -0.1) is 0 Å². The largest absolute Gasteiger partial charge is 0.456 e. The quantitative estimate of drug-likeness (QED) is 0.795. The molecule has 0 aliphatic heterocycles. The molecule has 0 saturated carbocycles. The van der Waals surface area contributed by atoms with Gasteiger partial charge in [0.1, 0.15) is 10.5 Å². The van der Waals surface area contributed by atoms with Crippen LogP contribution in [0.3, 0.4) is 0 Å². The zero-order valence-corrected chi connectivity index (χ0v) is 10.2. The van der Waals surface area contributed by atoms with E-state index in [4.69, 9.17) is 10.5 Å². The molecule has 0 aliphatic carbocycles. The summed E-state index contributed by atoms with van der Waals surface area (Å²) in [4.78, 5) is 14.0. The number of carbonyl (C=O) groups is 1. The zero-order valence-electron chi connectivity index (χ0n) is 9.38. The lowest BCUT2D eigenvalue weighted by molar-refractivity contribution is -0.141. The Kier molecular flexibility index (Phi) is 3.37. The third kappa shape index (κ3) is 3.58. The van der Waals surface area contributed by atoms with Crippen molar-refractivity contribution in [2.24, 2.45) is 0 Å². The van der Waals surface area contributed by atoms with Crippen molar-refractivity contribution in [3.63, 3.8) is 0 Å². The van der Waals surface area contributed by atoms with Crippen LogP contribution in [-0.2, 0) is 10.9 Å². The lowest BCUT2D eigenvalue weighted by Gasteiger charge is -2.19. The fourth-order valence-electron chi connectivity index (χ4n) is 0.992. The van der Waals surface area contributed by atoms with Gasteiger partial charge in [0, 0.05) is 0 Å². The highest BCUT2D eigenvalue weighted by Crippen LogP contribution is 2.36. The average molecular weight is 268 g/mol. The Hall–Kier alpha value is -1.31. The highest BCUT2D eigenvalue weighted by Gasteiger charge is 2.40. The van der Waals surface area contributed by atoms with Gasteiger partial charge in [0.05, 0.1) is 0 Å². The molecule has 2 N–H and O–H groups in total. The lowest BCUT2D eigenvalue weighted by Crippen LogP contribution is -2.25. The average Bonchev–Trinajstić information content (AvgIpc) is 2.43. The summed E-state index contributed by atoms with van der Waals surface area (Å²) in [5.74, 6) is -1.07. The summed E-state index contributed by atoms with van der Waals surface area (Å²) in [6.07, 6.45) is -4.72. The van der Waals surface area contributed by atoms with Gasteiger partial charge in [-0.2, -0.15) is 13.2 Å². The molecule has 0 amide bonds. The molecule has 0 aromatic carbocycles. The van der Waals surface area contributed by atoms with Crippen LogP contribution < -0.4 is 5.73 Å². The maximum Gasteiger partial charge on any atom is 0.435 e. The standard InChI is InChI=1S/C9H11F3N2O2S/c1-8(2,3)16-6(15)4-5(9(10,11)12)14-7(13)17-4/h1-3H3,(H2,13,14). The van der Waals surface area contributed by atoms with Gasteiger partial charge in [-0.1, -0.05) is 11.3 Å². The van der Waals surface area contributed by atoms with Crippen LogP contribution in [-0.4, -0.2) is 16.6 Å². The molecule has 8 heteroatoms. The number of thiazole rings is 1. The van der Waals surface area contributed by atoms with Gasteiger partial charge in [0.25, 0.3) is 0 Å². The van der Waals surface area contributed by atoms with Gasteiger partial charge in [-0.3, -0.25) is 0 Å². The fraction of sp³-hybridized carbons (Fsp3) is 0.556. The van der Waals surface area contributed by atoms with Crippen LogP contribution in [0.5, 0.6) is 0 Å². The van der Waals surface area contributed by atoms with Crippen molar-refractivity contribution in [1.29, 1.82) is 0 Å². The molecule has 0 radical (unpaired) electrons. The third-order valence-electron chi connectivity index (χ3n) is 1.50. The second kappa shape index (κ2) is 4.17. The Morgan fingerprint density at radius 3 is 2.29 bits per heavy atom. The van der Waals surface area contributed by atoms with Crippen molar-refractivity contribution in [3.05, 3.63) is 10.6 Å². The number of ether oxygens (including phenoxy) is 1. The summed E-state index contributed by atoms with van der Waals surface area (Å²) in [7, 11) is 0. The summed E-state index contributed by atoms with van der Waals surface area (Å²) in [5.41, 5.74) is 3.00. The predicted octanol–water partition coefficient (Wildman–Crippen LogP) is 2.70. The van der Waals surface area contributed by atoms with E-state index >= 15 is 0 Å². The number of halogens is 3. The number of esters is 1. The van der Waals surface area contributed by atoms with Crippen LogP contribution in [0.25, 0.3) is 0 Å². The highest BCUT2D eigenvalue weighted by atomic mass is 32.1. The number of nitrogens with zero attached hydrogens (tertiary/aromatic N) is 1. The molecular formula is C9H11F3N2O2S. The van der Waals surface area contributed by atoms with Crippen LogP contribution in [0.15, 0.2) is 0 Å². The van der Waals surface area contributed by atoms with Gasteiger partial charge in [0.2, 0.25) is 0 Å². The fourth-order valence-corrected chi connectivity index (χ4v) is 1.72. The Morgan fingerprint density at radius 2 is 1.88 bits per heavy atom. The van der Waals surface area contributed by atoms with E-state index in [9.17, 15) is 18.0 Å². The smallest absolute Gasteiger partial charge is 0.435 e. The molecule has 0 atom stereocenters. The first kappa shape index (κ1) is 13.8. The Bertz CT molecular complexity index is 434. The third-order valence-corrected chi connectivity index (χ3v) is 2.36.